The quantitative estimate of drug-likeness (QED) is 0.614. The number of rotatable bonds is 0. The summed E-state index contributed by atoms with van der Waals surface area (Å²) >= 11 is 0. The van der Waals surface area contributed by atoms with Crippen molar-refractivity contribution in [3.8, 4) is 0 Å². The van der Waals surface area contributed by atoms with E-state index < -0.39 is 0 Å². The fraction of sp³-hybridized carbons (Fsp3) is 0.727. The molecule has 0 aliphatic rings. The normalized spacial score (nSPS) is 13.4. The summed E-state index contributed by atoms with van der Waals surface area (Å²) in [7, 11) is 0. The molecule has 0 aromatic carbocycles. The van der Waals surface area contributed by atoms with Gasteiger partial charge in [0.2, 0.25) is 0 Å². The average Bonchev–Trinajstić information content (AvgIpc) is 2.27. The summed E-state index contributed by atoms with van der Waals surface area (Å²) < 4.78 is 5.44. The summed E-state index contributed by atoms with van der Waals surface area (Å²) in [6.07, 6.45) is 1.54. The largest absolute Gasteiger partial charge is 0.448 e. The maximum absolute atomic E-state index is 5.44. The van der Waals surface area contributed by atoms with E-state index >= 15 is 0 Å². The zero-order valence-electron chi connectivity index (χ0n) is 9.43. The van der Waals surface area contributed by atoms with Gasteiger partial charge in [0, 0.05) is 10.8 Å². The van der Waals surface area contributed by atoms with Gasteiger partial charge >= 0.3 is 0 Å². The van der Waals surface area contributed by atoms with Crippen LogP contribution in [0.15, 0.2) is 10.8 Å². The van der Waals surface area contributed by atoms with Crippen LogP contribution in [0.4, 0.5) is 0 Å². The predicted molar refractivity (Wildman–Crippen MR) is 53.9 cm³/mol. The lowest BCUT2D eigenvalue weighted by atomic mass is 9.83. The first kappa shape index (κ1) is 10.3. The number of oxazole rings is 1. The van der Waals surface area contributed by atoms with Crippen LogP contribution < -0.4 is 0 Å². The summed E-state index contributed by atoms with van der Waals surface area (Å²) in [6.45, 7) is 12.9. The molecule has 0 saturated heterocycles. The molecule has 0 unspecified atom stereocenters. The van der Waals surface area contributed by atoms with Gasteiger partial charge in [-0.2, -0.15) is 0 Å². The fourth-order valence-corrected chi connectivity index (χ4v) is 1.31. The molecular weight excluding hydrogens is 162 g/mol. The Balaban J connectivity index is 3.19. The minimum Gasteiger partial charge on any atom is -0.448 e. The van der Waals surface area contributed by atoms with Gasteiger partial charge in [0.15, 0.2) is 6.39 Å². The molecule has 13 heavy (non-hydrogen) atoms. The molecule has 1 aromatic heterocycles. The fourth-order valence-electron chi connectivity index (χ4n) is 1.31. The summed E-state index contributed by atoms with van der Waals surface area (Å²) in [4.78, 5) is 4.29. The van der Waals surface area contributed by atoms with Gasteiger partial charge in [-0.3, -0.25) is 0 Å². The third kappa shape index (κ3) is 2.11. The topological polar surface area (TPSA) is 26.0 Å². The van der Waals surface area contributed by atoms with E-state index in [0.717, 1.165) is 11.5 Å². The minimum atomic E-state index is 0.0408. The van der Waals surface area contributed by atoms with Crippen molar-refractivity contribution in [2.24, 2.45) is 0 Å². The third-order valence-electron chi connectivity index (χ3n) is 1.96. The van der Waals surface area contributed by atoms with Crippen molar-refractivity contribution < 1.29 is 4.42 Å². The van der Waals surface area contributed by atoms with Crippen LogP contribution >= 0.6 is 0 Å². The van der Waals surface area contributed by atoms with Crippen molar-refractivity contribution >= 4 is 0 Å². The molecule has 2 heteroatoms. The number of nitrogens with zero attached hydrogens (tertiary/aromatic N) is 1. The molecule has 0 radical (unpaired) electrons. The second-order valence-corrected chi connectivity index (χ2v) is 5.53. The lowest BCUT2D eigenvalue weighted by molar-refractivity contribution is 0.392. The van der Waals surface area contributed by atoms with Gasteiger partial charge in [0.1, 0.15) is 5.76 Å². The van der Waals surface area contributed by atoms with Gasteiger partial charge in [-0.1, -0.05) is 41.5 Å². The molecule has 2 nitrogen and oxygen atoms in total. The first-order chi connectivity index (χ1) is 5.73. The molecule has 0 saturated carbocycles. The highest BCUT2D eigenvalue weighted by Crippen LogP contribution is 2.32. The van der Waals surface area contributed by atoms with Crippen LogP contribution in [0, 0.1) is 0 Å². The molecule has 74 valence electrons. The molecule has 0 bridgehead atoms. The number of aromatic nitrogens is 1. The van der Waals surface area contributed by atoms with E-state index in [2.05, 4.69) is 46.5 Å². The van der Waals surface area contributed by atoms with Crippen molar-refractivity contribution in [3.63, 3.8) is 0 Å². The highest BCUT2D eigenvalue weighted by molar-refractivity contribution is 5.22. The van der Waals surface area contributed by atoms with Gasteiger partial charge in [-0.05, 0) is 0 Å². The first-order valence-corrected chi connectivity index (χ1v) is 4.67. The molecule has 0 spiro atoms. The van der Waals surface area contributed by atoms with Crippen LogP contribution in [0.1, 0.15) is 53.0 Å². The Hall–Kier alpha value is -0.790. The molecule has 0 atom stereocenters. The molecule has 1 heterocycles. The van der Waals surface area contributed by atoms with Crippen LogP contribution in [-0.2, 0) is 10.8 Å². The van der Waals surface area contributed by atoms with E-state index in [4.69, 9.17) is 4.42 Å². The smallest absolute Gasteiger partial charge is 0.181 e. The Bertz CT molecular complexity index is 257. The summed E-state index contributed by atoms with van der Waals surface area (Å²) in [5.74, 6) is 1.00. The van der Waals surface area contributed by atoms with E-state index in [0.29, 0.717) is 0 Å². The molecular formula is C11H19NO. The predicted octanol–water partition coefficient (Wildman–Crippen LogP) is 3.27. The Morgan fingerprint density at radius 1 is 1.00 bits per heavy atom. The van der Waals surface area contributed by atoms with E-state index in [-0.39, 0.29) is 10.8 Å². The monoisotopic (exact) mass is 181 g/mol. The number of hydrogen-bond donors (Lipinski definition) is 0. The zero-order valence-corrected chi connectivity index (χ0v) is 9.43. The van der Waals surface area contributed by atoms with Gasteiger partial charge < -0.3 is 4.42 Å². The van der Waals surface area contributed by atoms with Crippen LogP contribution in [0.2, 0.25) is 0 Å². The maximum atomic E-state index is 5.44. The van der Waals surface area contributed by atoms with Crippen molar-refractivity contribution in [1.29, 1.82) is 0 Å². The minimum absolute atomic E-state index is 0.0408. The Kier molecular flexibility index (Phi) is 2.27. The van der Waals surface area contributed by atoms with Gasteiger partial charge in [0.05, 0.1) is 5.69 Å². The molecule has 0 aliphatic carbocycles. The van der Waals surface area contributed by atoms with Crippen molar-refractivity contribution in [3.05, 3.63) is 17.8 Å². The zero-order chi connectivity index (χ0) is 10.3. The first-order valence-electron chi connectivity index (χ1n) is 4.67. The SMILES string of the molecule is CC(C)(C)c1ncoc1C(C)(C)C. The second kappa shape index (κ2) is 2.86. The van der Waals surface area contributed by atoms with Crippen LogP contribution in [0.3, 0.4) is 0 Å². The van der Waals surface area contributed by atoms with Gasteiger partial charge in [0.25, 0.3) is 0 Å². The van der Waals surface area contributed by atoms with Crippen molar-refractivity contribution in [2.75, 3.05) is 0 Å². The summed E-state index contributed by atoms with van der Waals surface area (Å²) in [5, 5.41) is 0. The van der Waals surface area contributed by atoms with Crippen LogP contribution in [0.5, 0.6) is 0 Å². The maximum Gasteiger partial charge on any atom is 0.181 e. The lowest BCUT2D eigenvalue weighted by Crippen LogP contribution is -2.20. The van der Waals surface area contributed by atoms with Gasteiger partial charge in [-0.25, -0.2) is 4.98 Å². The molecule has 0 fully saturated rings. The van der Waals surface area contributed by atoms with Gasteiger partial charge in [-0.15, -0.1) is 0 Å². The lowest BCUT2D eigenvalue weighted by Gasteiger charge is -2.22. The Labute approximate surface area is 80.4 Å². The van der Waals surface area contributed by atoms with Crippen LogP contribution in [-0.4, -0.2) is 4.98 Å². The molecule has 1 rings (SSSR count). The summed E-state index contributed by atoms with van der Waals surface area (Å²) in [6, 6.07) is 0. The standard InChI is InChI=1S/C11H19NO/c1-10(2,3)8-9(11(4,5)6)13-7-12-8/h7H,1-6H3. The third-order valence-corrected chi connectivity index (χ3v) is 1.96. The van der Waals surface area contributed by atoms with Crippen LogP contribution in [0.25, 0.3) is 0 Å². The highest BCUT2D eigenvalue weighted by atomic mass is 16.3. The molecule has 0 amide bonds. The molecule has 1 aromatic rings. The van der Waals surface area contributed by atoms with E-state index in [1.54, 1.807) is 6.39 Å². The van der Waals surface area contributed by atoms with Crippen molar-refractivity contribution in [1.82, 2.24) is 4.98 Å². The Morgan fingerprint density at radius 2 is 1.54 bits per heavy atom. The molecule has 0 aliphatic heterocycles. The van der Waals surface area contributed by atoms with E-state index in [9.17, 15) is 0 Å². The average molecular weight is 181 g/mol. The summed E-state index contributed by atoms with van der Waals surface area (Å²) in [5.41, 5.74) is 1.18. The van der Waals surface area contributed by atoms with E-state index in [1.807, 2.05) is 0 Å². The van der Waals surface area contributed by atoms with Crippen molar-refractivity contribution in [2.45, 2.75) is 52.4 Å². The highest BCUT2D eigenvalue weighted by Gasteiger charge is 2.29. The number of hydrogen-bond acceptors (Lipinski definition) is 2. The molecule has 0 N–H and O–H groups in total. The van der Waals surface area contributed by atoms with E-state index in [1.165, 1.54) is 0 Å². The second-order valence-electron chi connectivity index (χ2n) is 5.53. The Morgan fingerprint density at radius 3 is 1.85 bits per heavy atom.